The molecule has 0 saturated carbocycles. The summed E-state index contributed by atoms with van der Waals surface area (Å²) in [6, 6.07) is 11.1. The zero-order valence-corrected chi connectivity index (χ0v) is 14.3. The van der Waals surface area contributed by atoms with Crippen LogP contribution in [0.25, 0.3) is 10.8 Å². The van der Waals surface area contributed by atoms with Crippen molar-refractivity contribution in [3.8, 4) is 5.75 Å². The molecule has 0 aromatic heterocycles. The Labute approximate surface area is 145 Å². The lowest BCUT2D eigenvalue weighted by molar-refractivity contribution is -0.0688. The molecule has 2 heterocycles. The first kappa shape index (κ1) is 15.8. The summed E-state index contributed by atoms with van der Waals surface area (Å²) in [5, 5.41) is 14.9. The second kappa shape index (κ2) is 6.30. The largest absolute Gasteiger partial charge is 0.507 e. The van der Waals surface area contributed by atoms with Gasteiger partial charge >= 0.3 is 0 Å². The fraction of sp³-hybridized carbons (Fsp3) is 0.421. The first-order valence-corrected chi connectivity index (χ1v) is 9.55. The van der Waals surface area contributed by atoms with E-state index < -0.39 is 0 Å². The first-order chi connectivity index (χ1) is 11.7. The molecule has 126 valence electrons. The van der Waals surface area contributed by atoms with Crippen LogP contribution in [0.4, 0.5) is 0 Å². The fourth-order valence-electron chi connectivity index (χ4n) is 3.70. The fourth-order valence-corrected chi connectivity index (χ4v) is 5.08. The van der Waals surface area contributed by atoms with E-state index >= 15 is 0 Å². The molecule has 2 aliphatic rings. The summed E-state index contributed by atoms with van der Waals surface area (Å²) < 4.78 is 6.01. The number of carbonyl (C=O) groups excluding carboxylic acids is 1. The maximum atomic E-state index is 12.6. The Morgan fingerprint density at radius 3 is 3.04 bits per heavy atom. The SMILES string of the molecule is O=C(N[C@@H]1CCO[C@]2(CCSC2)C1)c1cc(O)c2ccccc2c1. The maximum absolute atomic E-state index is 12.6. The van der Waals surface area contributed by atoms with Crippen molar-refractivity contribution in [2.75, 3.05) is 18.1 Å². The van der Waals surface area contributed by atoms with E-state index in [-0.39, 0.29) is 23.3 Å². The van der Waals surface area contributed by atoms with Gasteiger partial charge in [0, 0.05) is 29.4 Å². The molecule has 2 N–H and O–H groups in total. The number of nitrogens with one attached hydrogen (secondary N) is 1. The number of fused-ring (bicyclic) bond motifs is 1. The van der Waals surface area contributed by atoms with Crippen molar-refractivity contribution in [1.29, 1.82) is 0 Å². The van der Waals surface area contributed by atoms with Gasteiger partial charge in [0.05, 0.1) is 5.60 Å². The predicted molar refractivity (Wildman–Crippen MR) is 96.7 cm³/mol. The number of amides is 1. The number of phenolic OH excluding ortho intramolecular Hbond substituents is 1. The third-order valence-corrected chi connectivity index (χ3v) is 6.22. The van der Waals surface area contributed by atoms with Crippen LogP contribution in [0.3, 0.4) is 0 Å². The van der Waals surface area contributed by atoms with Crippen LogP contribution in [-0.2, 0) is 4.74 Å². The van der Waals surface area contributed by atoms with Crippen LogP contribution in [0.1, 0.15) is 29.6 Å². The van der Waals surface area contributed by atoms with Gasteiger partial charge in [-0.05, 0) is 42.5 Å². The molecule has 0 unspecified atom stereocenters. The molecule has 2 saturated heterocycles. The molecule has 2 atom stereocenters. The molecule has 24 heavy (non-hydrogen) atoms. The average Bonchev–Trinajstić information content (AvgIpc) is 3.02. The van der Waals surface area contributed by atoms with Crippen molar-refractivity contribution >= 4 is 28.4 Å². The van der Waals surface area contributed by atoms with Crippen LogP contribution < -0.4 is 5.32 Å². The van der Waals surface area contributed by atoms with Crippen molar-refractivity contribution in [3.05, 3.63) is 42.0 Å². The smallest absolute Gasteiger partial charge is 0.251 e. The van der Waals surface area contributed by atoms with Crippen LogP contribution >= 0.6 is 11.8 Å². The Balaban J connectivity index is 1.52. The number of thioether (sulfide) groups is 1. The van der Waals surface area contributed by atoms with Crippen molar-refractivity contribution < 1.29 is 14.6 Å². The minimum Gasteiger partial charge on any atom is -0.507 e. The molecule has 2 aliphatic heterocycles. The van der Waals surface area contributed by atoms with Crippen molar-refractivity contribution in [2.45, 2.75) is 30.9 Å². The number of benzene rings is 2. The molecule has 1 amide bonds. The molecule has 1 spiro atoms. The van der Waals surface area contributed by atoms with Gasteiger partial charge in [0.2, 0.25) is 0 Å². The van der Waals surface area contributed by atoms with Crippen LogP contribution in [-0.4, -0.2) is 40.8 Å². The van der Waals surface area contributed by atoms with Gasteiger partial charge < -0.3 is 15.2 Å². The predicted octanol–water partition coefficient (Wildman–Crippen LogP) is 3.33. The van der Waals surface area contributed by atoms with E-state index in [9.17, 15) is 9.90 Å². The number of phenols is 1. The van der Waals surface area contributed by atoms with Crippen LogP contribution in [0, 0.1) is 0 Å². The highest BCUT2D eigenvalue weighted by molar-refractivity contribution is 7.99. The molecule has 0 aliphatic carbocycles. The molecule has 0 radical (unpaired) electrons. The number of aromatic hydroxyl groups is 1. The van der Waals surface area contributed by atoms with E-state index in [1.165, 1.54) is 0 Å². The summed E-state index contributed by atoms with van der Waals surface area (Å²) >= 11 is 1.93. The average molecular weight is 343 g/mol. The van der Waals surface area contributed by atoms with Crippen LogP contribution in [0.5, 0.6) is 5.75 Å². The van der Waals surface area contributed by atoms with E-state index in [4.69, 9.17) is 4.74 Å². The van der Waals surface area contributed by atoms with Crippen LogP contribution in [0.15, 0.2) is 36.4 Å². The Bertz CT molecular complexity index is 770. The highest BCUT2D eigenvalue weighted by atomic mass is 32.2. The Morgan fingerprint density at radius 2 is 2.21 bits per heavy atom. The highest BCUT2D eigenvalue weighted by Gasteiger charge is 2.40. The van der Waals surface area contributed by atoms with E-state index in [2.05, 4.69) is 5.32 Å². The Kier molecular flexibility index (Phi) is 4.14. The second-order valence-corrected chi connectivity index (χ2v) is 7.82. The van der Waals surface area contributed by atoms with E-state index in [1.54, 1.807) is 6.07 Å². The first-order valence-electron chi connectivity index (χ1n) is 8.40. The van der Waals surface area contributed by atoms with Gasteiger partial charge in [0.1, 0.15) is 5.75 Å². The number of carbonyl (C=O) groups is 1. The van der Waals surface area contributed by atoms with Gasteiger partial charge in [0.15, 0.2) is 0 Å². The molecule has 2 aromatic carbocycles. The summed E-state index contributed by atoms with van der Waals surface area (Å²) in [6.45, 7) is 0.703. The Hall–Kier alpha value is -1.72. The topological polar surface area (TPSA) is 58.6 Å². The van der Waals surface area contributed by atoms with Crippen LogP contribution in [0.2, 0.25) is 0 Å². The van der Waals surface area contributed by atoms with Crippen molar-refractivity contribution in [2.24, 2.45) is 0 Å². The molecule has 0 bridgehead atoms. The lowest BCUT2D eigenvalue weighted by Crippen LogP contribution is -2.48. The van der Waals surface area contributed by atoms with Gasteiger partial charge in [-0.1, -0.05) is 24.3 Å². The number of rotatable bonds is 2. The summed E-state index contributed by atoms with van der Waals surface area (Å²) in [7, 11) is 0. The minimum absolute atomic E-state index is 0.0492. The third kappa shape index (κ3) is 2.98. The van der Waals surface area contributed by atoms with Gasteiger partial charge in [-0.2, -0.15) is 11.8 Å². The summed E-state index contributed by atoms with van der Waals surface area (Å²) in [4.78, 5) is 12.6. The second-order valence-electron chi connectivity index (χ2n) is 6.71. The van der Waals surface area contributed by atoms with Crippen molar-refractivity contribution in [1.82, 2.24) is 5.32 Å². The minimum atomic E-state index is -0.122. The van der Waals surface area contributed by atoms with Crippen molar-refractivity contribution in [3.63, 3.8) is 0 Å². The normalized spacial score (nSPS) is 26.8. The molecular formula is C19H21NO3S. The van der Waals surface area contributed by atoms with Gasteiger partial charge in [0.25, 0.3) is 5.91 Å². The zero-order chi connectivity index (χ0) is 16.6. The molecule has 5 heteroatoms. The Morgan fingerprint density at radius 1 is 1.33 bits per heavy atom. The molecular weight excluding hydrogens is 322 g/mol. The molecule has 2 aromatic rings. The van der Waals surface area contributed by atoms with E-state index in [1.807, 2.05) is 42.1 Å². The van der Waals surface area contributed by atoms with Gasteiger partial charge in [-0.15, -0.1) is 0 Å². The van der Waals surface area contributed by atoms with Gasteiger partial charge in [-0.3, -0.25) is 4.79 Å². The maximum Gasteiger partial charge on any atom is 0.251 e. The monoisotopic (exact) mass is 343 g/mol. The van der Waals surface area contributed by atoms with Gasteiger partial charge in [-0.25, -0.2) is 0 Å². The lowest BCUT2D eigenvalue weighted by atomic mass is 9.89. The molecule has 4 rings (SSSR count). The highest BCUT2D eigenvalue weighted by Crippen LogP contribution is 2.38. The lowest BCUT2D eigenvalue weighted by Gasteiger charge is -2.38. The summed E-state index contributed by atoms with van der Waals surface area (Å²) in [5.41, 5.74) is 0.458. The molecule has 4 nitrogen and oxygen atoms in total. The quantitative estimate of drug-likeness (QED) is 0.878. The molecule has 2 fully saturated rings. The number of ether oxygens (including phenoxy) is 1. The van der Waals surface area contributed by atoms with E-state index in [0.29, 0.717) is 12.2 Å². The number of hydrogen-bond donors (Lipinski definition) is 2. The van der Waals surface area contributed by atoms with E-state index in [0.717, 1.165) is 41.5 Å². The third-order valence-electron chi connectivity index (χ3n) is 5.00. The summed E-state index contributed by atoms with van der Waals surface area (Å²) in [5.74, 6) is 2.19. The zero-order valence-electron chi connectivity index (χ0n) is 13.5. The summed E-state index contributed by atoms with van der Waals surface area (Å²) in [6.07, 6.45) is 2.80. The standard InChI is InChI=1S/C19H21NO3S/c21-17-10-14(9-13-3-1-2-4-16(13)17)18(22)20-15-5-7-23-19(11-15)6-8-24-12-19/h1-4,9-10,15,21H,5-8,11-12H2,(H,20,22)/t15-,19-/m1/s1. The number of hydrogen-bond acceptors (Lipinski definition) is 4.